The van der Waals surface area contributed by atoms with Crippen LogP contribution in [0.4, 0.5) is 4.39 Å². The normalized spacial score (nSPS) is 22.0. The van der Waals surface area contributed by atoms with E-state index in [1.807, 2.05) is 34.6 Å². The van der Waals surface area contributed by atoms with Crippen LogP contribution in [0.2, 0.25) is 0 Å². The smallest absolute Gasteiger partial charge is 0.249 e. The Balaban J connectivity index is 2.25. The Morgan fingerprint density at radius 2 is 1.61 bits per heavy atom. The second-order valence-electron chi connectivity index (χ2n) is 13.3. The van der Waals surface area contributed by atoms with E-state index in [4.69, 9.17) is 0 Å². The summed E-state index contributed by atoms with van der Waals surface area (Å²) in [5.41, 5.74) is -0.0934. The first-order valence-corrected chi connectivity index (χ1v) is 15.3. The topological polar surface area (TPSA) is 102 Å². The third-order valence-electron chi connectivity index (χ3n) is 8.36. The summed E-state index contributed by atoms with van der Waals surface area (Å²) in [5, 5.41) is 5.65. The number of likely N-dealkylation sites (tertiary alicyclic amines) is 2. The third kappa shape index (κ3) is 9.00. The Kier molecular flexibility index (Phi) is 12.8. The molecule has 0 aromatic carbocycles. The molecule has 0 aromatic heterocycles. The van der Waals surface area contributed by atoms with Gasteiger partial charge in [-0.25, -0.2) is 4.39 Å². The number of carbonyl (C=O) groups excluding carboxylic acids is 4. The lowest BCUT2D eigenvalue weighted by Crippen LogP contribution is -2.60. The fourth-order valence-corrected chi connectivity index (χ4v) is 5.97. The lowest BCUT2D eigenvalue weighted by Gasteiger charge is -2.41. The summed E-state index contributed by atoms with van der Waals surface area (Å²) in [6.45, 7) is 16.3. The number of halogens is 1. The van der Waals surface area contributed by atoms with Crippen LogP contribution in [0.3, 0.4) is 0 Å². The van der Waals surface area contributed by atoms with Gasteiger partial charge in [0.05, 0.1) is 12.1 Å². The second kappa shape index (κ2) is 15.1. The maximum Gasteiger partial charge on any atom is 0.249 e. The van der Waals surface area contributed by atoms with Crippen molar-refractivity contribution < 1.29 is 23.6 Å². The van der Waals surface area contributed by atoms with Gasteiger partial charge in [0.25, 0.3) is 0 Å². The van der Waals surface area contributed by atoms with E-state index < -0.39 is 30.2 Å². The van der Waals surface area contributed by atoms with Gasteiger partial charge in [0, 0.05) is 31.8 Å². The zero-order valence-electron chi connectivity index (χ0n) is 26.8. The summed E-state index contributed by atoms with van der Waals surface area (Å²) < 4.78 is 12.6. The number of hydrogen-bond donors (Lipinski definition) is 2. The van der Waals surface area contributed by atoms with Crippen molar-refractivity contribution in [2.75, 3.05) is 33.4 Å². The number of hydrogen-bond acceptors (Lipinski definition) is 5. The fraction of sp³-hybridized carbons (Fsp3) is 0.806. The number of nitrogens with one attached hydrogen (secondary N) is 2. The standard InChI is InChI=1S/C31H54FN5O4/c1-20(2)25(19-22(5)29(40)37-18-12-14-23(37)27(38)33-16-15-32)35(9)30(41)26(31(6,7)8)34-28(39)24-13-10-11-17-36(24)21(3)4/h19-21,23-26H,10-18H2,1-9H3,(H,33,38)(H,34,39)/b22-19+/t23-,24?,25+,26+/m0/s1. The SMILES string of the molecule is C/C(=C\[C@H](C(C)C)N(C)C(=O)[C@@H](NC(=O)C1CCCCN1C(C)C)C(C)(C)C)C(=O)N1CCC[C@H]1C(=O)NCCF. The van der Waals surface area contributed by atoms with Crippen molar-refractivity contribution in [2.24, 2.45) is 11.3 Å². The fourth-order valence-electron chi connectivity index (χ4n) is 5.97. The average molecular weight is 580 g/mol. The van der Waals surface area contributed by atoms with Crippen molar-refractivity contribution in [1.82, 2.24) is 25.3 Å². The first-order chi connectivity index (χ1) is 19.1. The van der Waals surface area contributed by atoms with Gasteiger partial charge in [-0.05, 0) is 64.3 Å². The summed E-state index contributed by atoms with van der Waals surface area (Å²) in [6.07, 6.45) is 5.84. The van der Waals surface area contributed by atoms with E-state index in [-0.39, 0.29) is 48.2 Å². The molecule has 41 heavy (non-hydrogen) atoms. The van der Waals surface area contributed by atoms with Crippen LogP contribution in [0.1, 0.15) is 87.5 Å². The van der Waals surface area contributed by atoms with Crippen molar-refractivity contribution in [3.05, 3.63) is 11.6 Å². The highest BCUT2D eigenvalue weighted by Crippen LogP contribution is 2.26. The molecule has 234 valence electrons. The van der Waals surface area contributed by atoms with Gasteiger partial charge in [0.2, 0.25) is 23.6 Å². The summed E-state index contributed by atoms with van der Waals surface area (Å²) in [7, 11) is 1.72. The van der Waals surface area contributed by atoms with Gasteiger partial charge in [-0.3, -0.25) is 24.1 Å². The molecule has 10 heteroatoms. The molecule has 2 saturated heterocycles. The van der Waals surface area contributed by atoms with Crippen molar-refractivity contribution >= 4 is 23.6 Å². The van der Waals surface area contributed by atoms with Gasteiger partial charge in [-0.2, -0.15) is 0 Å². The summed E-state index contributed by atoms with van der Waals surface area (Å²) in [5.74, 6) is -0.945. The highest BCUT2D eigenvalue weighted by atomic mass is 19.1. The summed E-state index contributed by atoms with van der Waals surface area (Å²) >= 11 is 0. The molecule has 2 aliphatic heterocycles. The molecule has 2 aliphatic rings. The van der Waals surface area contributed by atoms with Crippen LogP contribution in [-0.4, -0.2) is 102 Å². The van der Waals surface area contributed by atoms with Crippen LogP contribution >= 0.6 is 0 Å². The predicted octanol–water partition coefficient (Wildman–Crippen LogP) is 3.29. The molecule has 0 saturated carbocycles. The quantitative estimate of drug-likeness (QED) is 0.366. The monoisotopic (exact) mass is 579 g/mol. The van der Waals surface area contributed by atoms with Crippen molar-refractivity contribution in [3.8, 4) is 0 Å². The minimum absolute atomic E-state index is 0.0139. The predicted molar refractivity (Wildman–Crippen MR) is 160 cm³/mol. The van der Waals surface area contributed by atoms with Crippen LogP contribution in [0, 0.1) is 11.3 Å². The molecule has 0 bridgehead atoms. The molecule has 0 aliphatic carbocycles. The Labute approximate surface area is 246 Å². The Morgan fingerprint density at radius 1 is 0.976 bits per heavy atom. The van der Waals surface area contributed by atoms with Crippen molar-refractivity contribution in [3.63, 3.8) is 0 Å². The van der Waals surface area contributed by atoms with Crippen LogP contribution < -0.4 is 10.6 Å². The molecular formula is C31H54FN5O4. The van der Waals surface area contributed by atoms with E-state index >= 15 is 0 Å². The maximum absolute atomic E-state index is 14.0. The summed E-state index contributed by atoms with van der Waals surface area (Å²) in [4.78, 5) is 58.9. The minimum atomic E-state index is -0.747. The molecule has 0 spiro atoms. The highest BCUT2D eigenvalue weighted by molar-refractivity contribution is 5.97. The van der Waals surface area contributed by atoms with Gasteiger partial charge in [-0.15, -0.1) is 0 Å². The molecule has 9 nitrogen and oxygen atoms in total. The van der Waals surface area contributed by atoms with Gasteiger partial charge in [0.1, 0.15) is 18.8 Å². The zero-order valence-corrected chi connectivity index (χ0v) is 26.8. The Morgan fingerprint density at radius 3 is 2.17 bits per heavy atom. The van der Waals surface area contributed by atoms with Crippen molar-refractivity contribution in [2.45, 2.75) is 118 Å². The van der Waals surface area contributed by atoms with Gasteiger partial charge >= 0.3 is 0 Å². The van der Waals surface area contributed by atoms with Crippen LogP contribution in [0.5, 0.6) is 0 Å². The van der Waals surface area contributed by atoms with E-state index in [1.165, 1.54) is 0 Å². The number of nitrogens with zero attached hydrogens (tertiary/aromatic N) is 3. The van der Waals surface area contributed by atoms with E-state index in [0.29, 0.717) is 25.0 Å². The molecule has 4 amide bonds. The highest BCUT2D eigenvalue weighted by Gasteiger charge is 2.40. The number of piperidine rings is 1. The largest absolute Gasteiger partial charge is 0.352 e. The Hall–Kier alpha value is -2.49. The number of likely N-dealkylation sites (N-methyl/N-ethyl adjacent to an activating group) is 1. The molecule has 0 aromatic rings. The molecule has 1 unspecified atom stereocenters. The lowest BCUT2D eigenvalue weighted by atomic mass is 9.84. The van der Waals surface area contributed by atoms with Gasteiger partial charge in [-0.1, -0.05) is 47.1 Å². The van der Waals surface area contributed by atoms with E-state index in [9.17, 15) is 23.6 Å². The van der Waals surface area contributed by atoms with E-state index in [1.54, 1.807) is 29.8 Å². The number of rotatable bonds is 11. The first kappa shape index (κ1) is 34.7. The summed E-state index contributed by atoms with van der Waals surface area (Å²) in [6, 6.07) is -1.80. The molecule has 0 radical (unpaired) electrons. The average Bonchev–Trinajstić information content (AvgIpc) is 3.41. The minimum Gasteiger partial charge on any atom is -0.352 e. The van der Waals surface area contributed by atoms with Crippen molar-refractivity contribution in [1.29, 1.82) is 0 Å². The lowest BCUT2D eigenvalue weighted by molar-refractivity contribution is -0.142. The van der Waals surface area contributed by atoms with Gasteiger partial charge < -0.3 is 20.4 Å². The molecule has 2 rings (SSSR count). The van der Waals surface area contributed by atoms with Crippen LogP contribution in [0.15, 0.2) is 11.6 Å². The first-order valence-electron chi connectivity index (χ1n) is 15.3. The Bertz CT molecular complexity index is 961. The molecule has 2 fully saturated rings. The van der Waals surface area contributed by atoms with E-state index in [0.717, 1.165) is 25.8 Å². The third-order valence-corrected chi connectivity index (χ3v) is 8.36. The number of alkyl halides is 1. The van der Waals surface area contributed by atoms with Gasteiger partial charge in [0.15, 0.2) is 0 Å². The maximum atomic E-state index is 14.0. The zero-order chi connectivity index (χ0) is 31.1. The molecule has 4 atom stereocenters. The molecular weight excluding hydrogens is 525 g/mol. The van der Waals surface area contributed by atoms with Crippen LogP contribution in [0.25, 0.3) is 0 Å². The van der Waals surface area contributed by atoms with Crippen LogP contribution in [-0.2, 0) is 19.2 Å². The number of carbonyl (C=O) groups is 4. The molecule has 2 N–H and O–H groups in total. The number of amides is 4. The second-order valence-corrected chi connectivity index (χ2v) is 13.3. The molecule has 2 heterocycles. The van der Waals surface area contributed by atoms with E-state index in [2.05, 4.69) is 29.4 Å².